The summed E-state index contributed by atoms with van der Waals surface area (Å²) in [7, 11) is 0. The van der Waals surface area contributed by atoms with Gasteiger partial charge in [-0.1, -0.05) is 30.3 Å². The predicted molar refractivity (Wildman–Crippen MR) is 127 cm³/mol. The van der Waals surface area contributed by atoms with E-state index in [-0.39, 0.29) is 11.8 Å². The molecule has 0 aliphatic rings. The van der Waals surface area contributed by atoms with Gasteiger partial charge < -0.3 is 25.2 Å². The standard InChI is InChI=1S/C26H24N2O6/c1-2-5-24(29)27-16-18-8-10-19(11-9-18)26(32)28-22-6-3-4-7-23(22)34-21-14-12-20(13-15-21)33-17-25(30)31/h2-15H,16-17H2,1H3,(H,27,29)(H,28,32)(H,30,31)/b5-2+. The molecule has 0 fully saturated rings. The third-order valence-electron chi connectivity index (χ3n) is 4.55. The molecule has 0 saturated carbocycles. The molecule has 174 valence electrons. The van der Waals surface area contributed by atoms with E-state index in [4.69, 9.17) is 14.6 Å². The summed E-state index contributed by atoms with van der Waals surface area (Å²) in [5.41, 5.74) is 1.81. The van der Waals surface area contributed by atoms with Crippen molar-refractivity contribution in [2.24, 2.45) is 0 Å². The highest BCUT2D eigenvalue weighted by molar-refractivity contribution is 6.05. The average Bonchev–Trinajstić information content (AvgIpc) is 2.84. The monoisotopic (exact) mass is 460 g/mol. The molecule has 0 radical (unpaired) electrons. The Morgan fingerprint density at radius 3 is 2.26 bits per heavy atom. The molecule has 0 aromatic heterocycles. The van der Waals surface area contributed by atoms with Gasteiger partial charge >= 0.3 is 5.97 Å². The number of ether oxygens (including phenoxy) is 2. The predicted octanol–water partition coefficient (Wildman–Crippen LogP) is 4.39. The summed E-state index contributed by atoms with van der Waals surface area (Å²) in [6.45, 7) is 1.70. The maximum absolute atomic E-state index is 12.7. The molecule has 3 aromatic carbocycles. The van der Waals surface area contributed by atoms with Gasteiger partial charge in [0.15, 0.2) is 12.4 Å². The van der Waals surface area contributed by atoms with Crippen LogP contribution in [0, 0.1) is 0 Å². The van der Waals surface area contributed by atoms with Gasteiger partial charge in [-0.05, 0) is 67.1 Å². The fourth-order valence-corrected chi connectivity index (χ4v) is 2.90. The van der Waals surface area contributed by atoms with Crippen molar-refractivity contribution < 1.29 is 29.0 Å². The maximum atomic E-state index is 12.7. The minimum Gasteiger partial charge on any atom is -0.482 e. The van der Waals surface area contributed by atoms with Crippen molar-refractivity contribution in [1.82, 2.24) is 5.32 Å². The molecule has 8 heteroatoms. The Bertz CT molecular complexity index is 1170. The van der Waals surface area contributed by atoms with Crippen LogP contribution in [-0.4, -0.2) is 29.5 Å². The topological polar surface area (TPSA) is 114 Å². The molecule has 0 heterocycles. The molecule has 8 nitrogen and oxygen atoms in total. The number of carbonyl (C=O) groups is 3. The van der Waals surface area contributed by atoms with E-state index in [1.165, 1.54) is 6.08 Å². The van der Waals surface area contributed by atoms with E-state index in [1.807, 2.05) is 0 Å². The van der Waals surface area contributed by atoms with E-state index in [9.17, 15) is 14.4 Å². The van der Waals surface area contributed by atoms with Crippen molar-refractivity contribution in [3.63, 3.8) is 0 Å². The van der Waals surface area contributed by atoms with E-state index < -0.39 is 12.6 Å². The lowest BCUT2D eigenvalue weighted by atomic mass is 10.1. The quantitative estimate of drug-likeness (QED) is 0.387. The molecule has 0 saturated heterocycles. The van der Waals surface area contributed by atoms with Crippen LogP contribution in [0.15, 0.2) is 84.9 Å². The third-order valence-corrected chi connectivity index (χ3v) is 4.55. The van der Waals surface area contributed by atoms with Crippen molar-refractivity contribution >= 4 is 23.5 Å². The summed E-state index contributed by atoms with van der Waals surface area (Å²) in [5.74, 6) is -0.203. The highest BCUT2D eigenvalue weighted by Crippen LogP contribution is 2.30. The van der Waals surface area contributed by atoms with Crippen LogP contribution in [-0.2, 0) is 16.1 Å². The molecule has 0 aliphatic carbocycles. The molecule has 34 heavy (non-hydrogen) atoms. The van der Waals surface area contributed by atoms with Crippen LogP contribution in [0.5, 0.6) is 17.2 Å². The van der Waals surface area contributed by atoms with Crippen LogP contribution in [0.3, 0.4) is 0 Å². The zero-order valence-corrected chi connectivity index (χ0v) is 18.5. The van der Waals surface area contributed by atoms with Crippen LogP contribution in [0.2, 0.25) is 0 Å². The molecule has 3 aromatic rings. The van der Waals surface area contributed by atoms with Crippen molar-refractivity contribution in [1.29, 1.82) is 0 Å². The number of benzene rings is 3. The zero-order chi connectivity index (χ0) is 24.3. The number of anilines is 1. The fraction of sp³-hybridized carbons (Fsp3) is 0.115. The molecule has 0 bridgehead atoms. The lowest BCUT2D eigenvalue weighted by Crippen LogP contribution is -2.20. The second-order valence-electron chi connectivity index (χ2n) is 7.12. The van der Waals surface area contributed by atoms with Gasteiger partial charge in [-0.25, -0.2) is 4.79 Å². The van der Waals surface area contributed by atoms with Gasteiger partial charge in [-0.15, -0.1) is 0 Å². The smallest absolute Gasteiger partial charge is 0.341 e. The summed E-state index contributed by atoms with van der Waals surface area (Å²) in [6, 6.07) is 20.4. The van der Waals surface area contributed by atoms with Gasteiger partial charge in [-0.3, -0.25) is 9.59 Å². The number of rotatable bonds is 10. The second-order valence-corrected chi connectivity index (χ2v) is 7.12. The molecular weight excluding hydrogens is 436 g/mol. The first-order valence-electron chi connectivity index (χ1n) is 10.5. The largest absolute Gasteiger partial charge is 0.482 e. The number of nitrogens with one attached hydrogen (secondary N) is 2. The molecule has 3 rings (SSSR count). The van der Waals surface area contributed by atoms with Crippen LogP contribution in [0.4, 0.5) is 5.69 Å². The first-order valence-corrected chi connectivity index (χ1v) is 10.5. The van der Waals surface area contributed by atoms with Gasteiger partial charge in [0.05, 0.1) is 5.69 Å². The van der Waals surface area contributed by atoms with Gasteiger partial charge in [-0.2, -0.15) is 0 Å². The van der Waals surface area contributed by atoms with Crippen LogP contribution in [0.1, 0.15) is 22.8 Å². The van der Waals surface area contributed by atoms with Gasteiger partial charge in [0.25, 0.3) is 5.91 Å². The number of hydrogen-bond donors (Lipinski definition) is 3. The maximum Gasteiger partial charge on any atom is 0.341 e. The number of carboxylic acids is 1. The average molecular weight is 460 g/mol. The van der Waals surface area contributed by atoms with Crippen LogP contribution in [0.25, 0.3) is 0 Å². The van der Waals surface area contributed by atoms with Crippen LogP contribution >= 0.6 is 0 Å². The Hall–Kier alpha value is -4.59. The summed E-state index contributed by atoms with van der Waals surface area (Å²) in [4.78, 5) is 34.9. The van der Waals surface area contributed by atoms with Crippen molar-refractivity contribution in [3.8, 4) is 17.2 Å². The Morgan fingerprint density at radius 2 is 1.59 bits per heavy atom. The highest BCUT2D eigenvalue weighted by Gasteiger charge is 2.11. The lowest BCUT2D eigenvalue weighted by molar-refractivity contribution is -0.139. The van der Waals surface area contributed by atoms with E-state index in [2.05, 4.69) is 10.6 Å². The number of amides is 2. The second kappa shape index (κ2) is 11.9. The minimum atomic E-state index is -1.06. The summed E-state index contributed by atoms with van der Waals surface area (Å²) in [5, 5.41) is 14.3. The number of carbonyl (C=O) groups excluding carboxylic acids is 2. The Labute approximate surface area is 196 Å². The minimum absolute atomic E-state index is 0.177. The van der Waals surface area contributed by atoms with Crippen molar-refractivity contribution in [2.45, 2.75) is 13.5 Å². The summed E-state index contributed by atoms with van der Waals surface area (Å²) < 4.78 is 11.0. The molecule has 3 N–H and O–H groups in total. The highest BCUT2D eigenvalue weighted by atomic mass is 16.5. The Kier molecular flexibility index (Phi) is 8.40. The van der Waals surface area contributed by atoms with Crippen LogP contribution < -0.4 is 20.1 Å². The van der Waals surface area contributed by atoms with E-state index in [0.29, 0.717) is 35.0 Å². The number of allylic oxidation sites excluding steroid dienone is 1. The van der Waals surface area contributed by atoms with E-state index >= 15 is 0 Å². The zero-order valence-electron chi connectivity index (χ0n) is 18.5. The third kappa shape index (κ3) is 7.23. The van der Waals surface area contributed by atoms with E-state index in [1.54, 1.807) is 85.8 Å². The molecule has 2 amide bonds. The van der Waals surface area contributed by atoms with Gasteiger partial charge in [0.1, 0.15) is 11.5 Å². The summed E-state index contributed by atoms with van der Waals surface area (Å²) in [6.07, 6.45) is 3.11. The summed E-state index contributed by atoms with van der Waals surface area (Å²) >= 11 is 0. The van der Waals surface area contributed by atoms with E-state index in [0.717, 1.165) is 5.56 Å². The van der Waals surface area contributed by atoms with Crippen molar-refractivity contribution in [3.05, 3.63) is 96.1 Å². The normalized spacial score (nSPS) is 10.5. The molecule has 0 spiro atoms. The lowest BCUT2D eigenvalue weighted by Gasteiger charge is -2.13. The molecule has 0 atom stereocenters. The molecule has 0 unspecified atom stereocenters. The first-order chi connectivity index (χ1) is 16.4. The Balaban J connectivity index is 1.62. The Morgan fingerprint density at radius 1 is 0.912 bits per heavy atom. The SMILES string of the molecule is C/C=C/C(=O)NCc1ccc(C(=O)Nc2ccccc2Oc2ccc(OCC(=O)O)cc2)cc1. The number of aliphatic carboxylic acids is 1. The van der Waals surface area contributed by atoms with Gasteiger partial charge in [0, 0.05) is 12.1 Å². The number of hydrogen-bond acceptors (Lipinski definition) is 5. The molecular formula is C26H24N2O6. The van der Waals surface area contributed by atoms with Gasteiger partial charge in [0.2, 0.25) is 5.91 Å². The number of para-hydroxylation sites is 2. The fourth-order valence-electron chi connectivity index (χ4n) is 2.90. The number of carboxylic acid groups (broad SMARTS) is 1. The molecule has 0 aliphatic heterocycles. The first kappa shape index (κ1) is 24.1. The van der Waals surface area contributed by atoms with Crippen molar-refractivity contribution in [2.75, 3.05) is 11.9 Å².